The number of aliphatic hydroxyl groups is 1. The Balaban J connectivity index is 2.06. The van der Waals surface area contributed by atoms with Crippen LogP contribution in [0.2, 0.25) is 0 Å². The van der Waals surface area contributed by atoms with E-state index in [0.29, 0.717) is 13.0 Å². The fourth-order valence-electron chi connectivity index (χ4n) is 2.25. The molecule has 2 saturated heterocycles. The zero-order valence-electron chi connectivity index (χ0n) is 8.83. The lowest BCUT2D eigenvalue weighted by Crippen LogP contribution is -2.45. The van der Waals surface area contributed by atoms with E-state index in [1.54, 1.807) is 0 Å². The Bertz CT molecular complexity index is 300. The van der Waals surface area contributed by atoms with Crippen LogP contribution < -0.4 is 0 Å². The second-order valence-electron chi connectivity index (χ2n) is 4.24. The van der Waals surface area contributed by atoms with Gasteiger partial charge in [-0.05, 0) is 12.8 Å². The predicted molar refractivity (Wildman–Crippen MR) is 52.7 cm³/mol. The molecular weight excluding hydrogens is 214 g/mol. The van der Waals surface area contributed by atoms with Crippen molar-refractivity contribution in [2.75, 3.05) is 13.2 Å². The Morgan fingerprint density at radius 1 is 1.38 bits per heavy atom. The van der Waals surface area contributed by atoms with Gasteiger partial charge in [0.15, 0.2) is 0 Å². The predicted octanol–water partition coefficient (Wildman–Crippen LogP) is -0.788. The molecule has 2 aliphatic rings. The van der Waals surface area contributed by atoms with E-state index in [2.05, 4.69) is 0 Å². The minimum atomic E-state index is -1.07. The van der Waals surface area contributed by atoms with Gasteiger partial charge in [-0.15, -0.1) is 0 Å². The molecule has 2 rings (SSSR count). The maximum Gasteiger partial charge on any atom is 0.326 e. The number of rotatable bonds is 2. The summed E-state index contributed by atoms with van der Waals surface area (Å²) in [5.74, 6) is -1.37. The fraction of sp³-hybridized carbons (Fsp3) is 0.800. The average molecular weight is 229 g/mol. The second kappa shape index (κ2) is 4.39. The first-order chi connectivity index (χ1) is 7.59. The number of carboxylic acid groups (broad SMARTS) is 1. The molecule has 3 atom stereocenters. The van der Waals surface area contributed by atoms with Crippen molar-refractivity contribution in [3.63, 3.8) is 0 Å². The van der Waals surface area contributed by atoms with Crippen LogP contribution >= 0.6 is 0 Å². The summed E-state index contributed by atoms with van der Waals surface area (Å²) < 4.78 is 5.22. The van der Waals surface area contributed by atoms with Crippen molar-refractivity contribution in [2.45, 2.75) is 37.5 Å². The number of amides is 1. The molecule has 2 N–H and O–H groups in total. The van der Waals surface area contributed by atoms with Gasteiger partial charge < -0.3 is 19.8 Å². The van der Waals surface area contributed by atoms with E-state index in [-0.39, 0.29) is 18.9 Å². The van der Waals surface area contributed by atoms with Crippen LogP contribution in [0, 0.1) is 0 Å². The highest BCUT2D eigenvalue weighted by molar-refractivity contribution is 5.87. The molecule has 6 nitrogen and oxygen atoms in total. The van der Waals surface area contributed by atoms with E-state index in [1.807, 2.05) is 0 Å². The Hall–Kier alpha value is -1.14. The summed E-state index contributed by atoms with van der Waals surface area (Å²) in [5, 5.41) is 18.4. The molecule has 90 valence electrons. The zero-order valence-corrected chi connectivity index (χ0v) is 8.83. The van der Waals surface area contributed by atoms with E-state index in [0.717, 1.165) is 6.42 Å². The molecule has 1 amide bonds. The lowest BCUT2D eigenvalue weighted by atomic mass is 10.2. The molecule has 0 bridgehead atoms. The number of nitrogens with zero attached hydrogens (tertiary/aromatic N) is 1. The monoisotopic (exact) mass is 229 g/mol. The zero-order chi connectivity index (χ0) is 11.7. The summed E-state index contributed by atoms with van der Waals surface area (Å²) in [6.45, 7) is 0.639. The number of hydrogen-bond donors (Lipinski definition) is 2. The van der Waals surface area contributed by atoms with Crippen molar-refractivity contribution < 1.29 is 24.5 Å². The van der Waals surface area contributed by atoms with Crippen molar-refractivity contribution in [1.82, 2.24) is 4.90 Å². The van der Waals surface area contributed by atoms with Gasteiger partial charge in [-0.3, -0.25) is 4.79 Å². The van der Waals surface area contributed by atoms with Crippen molar-refractivity contribution in [1.29, 1.82) is 0 Å². The van der Waals surface area contributed by atoms with Crippen LogP contribution in [-0.2, 0) is 14.3 Å². The van der Waals surface area contributed by atoms with Crippen LogP contribution in [-0.4, -0.2) is 58.4 Å². The molecule has 6 heteroatoms. The SMILES string of the molecule is O=C(O)[C@@H]1C[C@@H](O)CN1C(=O)C1CCCO1. The first-order valence-corrected chi connectivity index (χ1v) is 5.42. The molecular formula is C10H15NO5. The third-order valence-corrected chi connectivity index (χ3v) is 3.05. The third kappa shape index (κ3) is 2.03. The van der Waals surface area contributed by atoms with Crippen LogP contribution in [0.15, 0.2) is 0 Å². The highest BCUT2D eigenvalue weighted by atomic mass is 16.5. The molecule has 0 saturated carbocycles. The van der Waals surface area contributed by atoms with E-state index in [4.69, 9.17) is 9.84 Å². The number of likely N-dealkylation sites (tertiary alicyclic amines) is 1. The molecule has 0 aromatic rings. The van der Waals surface area contributed by atoms with Crippen molar-refractivity contribution in [2.24, 2.45) is 0 Å². The van der Waals surface area contributed by atoms with Crippen LogP contribution in [0.5, 0.6) is 0 Å². The van der Waals surface area contributed by atoms with Gasteiger partial charge >= 0.3 is 5.97 Å². The van der Waals surface area contributed by atoms with Crippen LogP contribution in [0.3, 0.4) is 0 Å². The summed E-state index contributed by atoms with van der Waals surface area (Å²) in [7, 11) is 0. The summed E-state index contributed by atoms with van der Waals surface area (Å²) in [5.41, 5.74) is 0. The molecule has 1 unspecified atom stereocenters. The van der Waals surface area contributed by atoms with Gasteiger partial charge in [0.1, 0.15) is 12.1 Å². The molecule has 0 aliphatic carbocycles. The number of β-amino-alcohol motifs (C(OH)–C–C–N with tert-alkyl or cyclic N) is 1. The lowest BCUT2D eigenvalue weighted by Gasteiger charge is -2.23. The Morgan fingerprint density at radius 2 is 2.12 bits per heavy atom. The Labute approximate surface area is 92.8 Å². The summed E-state index contributed by atoms with van der Waals surface area (Å²) in [6.07, 6.45) is 0.300. The molecule has 16 heavy (non-hydrogen) atoms. The summed E-state index contributed by atoms with van der Waals surface area (Å²) >= 11 is 0. The summed E-state index contributed by atoms with van der Waals surface area (Å²) in [6, 6.07) is -0.910. The molecule has 0 aromatic heterocycles. The standard InChI is InChI=1S/C10H15NO5/c12-6-4-7(10(14)15)11(5-6)9(13)8-2-1-3-16-8/h6-8,12H,1-5H2,(H,14,15)/t6-,7+,8?/m1/s1. The first kappa shape index (κ1) is 11.3. The number of ether oxygens (including phenoxy) is 1. The van der Waals surface area contributed by atoms with Crippen LogP contribution in [0.1, 0.15) is 19.3 Å². The van der Waals surface area contributed by atoms with Crippen molar-refractivity contribution in [3.05, 3.63) is 0 Å². The highest BCUT2D eigenvalue weighted by Crippen LogP contribution is 2.23. The molecule has 2 fully saturated rings. The van der Waals surface area contributed by atoms with Gasteiger partial charge in [-0.2, -0.15) is 0 Å². The van der Waals surface area contributed by atoms with E-state index in [9.17, 15) is 14.7 Å². The van der Waals surface area contributed by atoms with Crippen molar-refractivity contribution >= 4 is 11.9 Å². The second-order valence-corrected chi connectivity index (χ2v) is 4.24. The molecule has 0 aromatic carbocycles. The number of aliphatic hydroxyl groups excluding tert-OH is 1. The number of hydrogen-bond acceptors (Lipinski definition) is 4. The largest absolute Gasteiger partial charge is 0.480 e. The average Bonchev–Trinajstić information content (AvgIpc) is 2.84. The van der Waals surface area contributed by atoms with Gasteiger partial charge in [0.05, 0.1) is 6.10 Å². The smallest absolute Gasteiger partial charge is 0.326 e. The minimum absolute atomic E-state index is 0.0929. The normalized spacial score (nSPS) is 34.3. The molecule has 0 radical (unpaired) electrons. The van der Waals surface area contributed by atoms with Crippen LogP contribution in [0.4, 0.5) is 0 Å². The summed E-state index contributed by atoms with van der Waals surface area (Å²) in [4.78, 5) is 24.1. The Morgan fingerprint density at radius 3 is 2.69 bits per heavy atom. The fourth-order valence-corrected chi connectivity index (χ4v) is 2.25. The lowest BCUT2D eigenvalue weighted by molar-refractivity contribution is -0.152. The number of carbonyl (C=O) groups excluding carboxylic acids is 1. The molecule has 2 heterocycles. The van der Waals surface area contributed by atoms with Crippen LogP contribution in [0.25, 0.3) is 0 Å². The van der Waals surface area contributed by atoms with Gasteiger partial charge in [-0.25, -0.2) is 4.79 Å². The number of carboxylic acids is 1. The maximum absolute atomic E-state index is 11.9. The maximum atomic E-state index is 11.9. The molecule has 2 aliphatic heterocycles. The molecule has 0 spiro atoms. The van der Waals surface area contributed by atoms with Crippen molar-refractivity contribution in [3.8, 4) is 0 Å². The van der Waals surface area contributed by atoms with E-state index in [1.165, 1.54) is 4.90 Å². The van der Waals surface area contributed by atoms with Gasteiger partial charge in [0.25, 0.3) is 5.91 Å². The topological polar surface area (TPSA) is 87.1 Å². The highest BCUT2D eigenvalue weighted by Gasteiger charge is 2.41. The van der Waals surface area contributed by atoms with E-state index >= 15 is 0 Å². The van der Waals surface area contributed by atoms with Gasteiger partial charge in [-0.1, -0.05) is 0 Å². The first-order valence-electron chi connectivity index (χ1n) is 5.42. The third-order valence-electron chi connectivity index (χ3n) is 3.05. The minimum Gasteiger partial charge on any atom is -0.480 e. The number of aliphatic carboxylic acids is 1. The Kier molecular flexibility index (Phi) is 3.11. The number of carbonyl (C=O) groups is 2. The van der Waals surface area contributed by atoms with E-state index < -0.39 is 24.2 Å². The van der Waals surface area contributed by atoms with Gasteiger partial charge in [0.2, 0.25) is 0 Å². The quantitative estimate of drug-likeness (QED) is 0.648. The van der Waals surface area contributed by atoms with Gasteiger partial charge in [0, 0.05) is 19.6 Å².